The van der Waals surface area contributed by atoms with Crippen molar-refractivity contribution in [3.05, 3.63) is 23.3 Å². The van der Waals surface area contributed by atoms with Gasteiger partial charge in [0.1, 0.15) is 13.2 Å². The summed E-state index contributed by atoms with van der Waals surface area (Å²) in [7, 11) is 1.93. The standard InChI is InChI=1S/C18H27N3O3/c1-13-9-16-17(24-8-7-23-16)10-14(13)18(19-2)15(20-12-22)11-21-5-3-4-6-21/h9-10,12,15,18-19H,3-8,11H2,1-2H3,(H,20,22). The van der Waals surface area contributed by atoms with Gasteiger partial charge in [-0.2, -0.15) is 0 Å². The predicted octanol–water partition coefficient (Wildman–Crippen LogP) is 1.24. The summed E-state index contributed by atoms with van der Waals surface area (Å²) in [5.41, 5.74) is 2.28. The first-order valence-electron chi connectivity index (χ1n) is 8.72. The van der Waals surface area contributed by atoms with Crippen molar-refractivity contribution in [2.75, 3.05) is 39.9 Å². The van der Waals surface area contributed by atoms with Crippen LogP contribution in [0.15, 0.2) is 12.1 Å². The van der Waals surface area contributed by atoms with E-state index in [0.717, 1.165) is 48.7 Å². The van der Waals surface area contributed by atoms with Gasteiger partial charge in [0.05, 0.1) is 12.1 Å². The Hall–Kier alpha value is -1.79. The average molecular weight is 333 g/mol. The number of nitrogens with one attached hydrogen (secondary N) is 2. The molecule has 0 saturated carbocycles. The Kier molecular flexibility index (Phi) is 5.58. The number of aryl methyl sites for hydroxylation is 1. The Morgan fingerprint density at radius 2 is 1.88 bits per heavy atom. The van der Waals surface area contributed by atoms with Gasteiger partial charge in [0.2, 0.25) is 6.41 Å². The SMILES string of the molecule is CNC(c1cc2c(cc1C)OCCO2)C(CN1CCCC1)NC=O. The number of carbonyl (C=O) groups is 1. The fourth-order valence-electron chi connectivity index (χ4n) is 3.70. The number of fused-ring (bicyclic) bond motifs is 1. The minimum absolute atomic E-state index is 0.00635. The number of amides is 1. The molecule has 132 valence electrons. The molecule has 1 saturated heterocycles. The summed E-state index contributed by atoms with van der Waals surface area (Å²) in [6, 6.07) is 4.11. The van der Waals surface area contributed by atoms with Crippen LogP contribution in [0.3, 0.4) is 0 Å². The van der Waals surface area contributed by atoms with Crippen molar-refractivity contribution in [2.24, 2.45) is 0 Å². The van der Waals surface area contributed by atoms with Crippen LogP contribution in [-0.2, 0) is 4.79 Å². The highest BCUT2D eigenvalue weighted by molar-refractivity contribution is 5.51. The second kappa shape index (κ2) is 7.85. The van der Waals surface area contributed by atoms with Gasteiger partial charge in [0.15, 0.2) is 11.5 Å². The van der Waals surface area contributed by atoms with E-state index in [1.54, 1.807) is 0 Å². The number of benzene rings is 1. The maximum atomic E-state index is 11.2. The zero-order chi connectivity index (χ0) is 16.9. The molecular weight excluding hydrogens is 306 g/mol. The fraction of sp³-hybridized carbons (Fsp3) is 0.611. The van der Waals surface area contributed by atoms with Gasteiger partial charge in [-0.1, -0.05) is 0 Å². The van der Waals surface area contributed by atoms with Crippen molar-refractivity contribution in [3.8, 4) is 11.5 Å². The number of nitrogens with zero attached hydrogens (tertiary/aromatic N) is 1. The lowest BCUT2D eigenvalue weighted by atomic mass is 9.94. The molecule has 1 aromatic carbocycles. The predicted molar refractivity (Wildman–Crippen MR) is 92.6 cm³/mol. The second-order valence-corrected chi connectivity index (χ2v) is 6.52. The monoisotopic (exact) mass is 333 g/mol. The lowest BCUT2D eigenvalue weighted by molar-refractivity contribution is -0.110. The van der Waals surface area contributed by atoms with E-state index in [1.165, 1.54) is 12.8 Å². The molecule has 2 atom stereocenters. The third-order valence-electron chi connectivity index (χ3n) is 4.91. The molecule has 0 radical (unpaired) electrons. The highest BCUT2D eigenvalue weighted by Gasteiger charge is 2.28. The molecule has 6 nitrogen and oxygen atoms in total. The van der Waals surface area contributed by atoms with Gasteiger partial charge in [-0.05, 0) is 63.2 Å². The molecule has 24 heavy (non-hydrogen) atoms. The summed E-state index contributed by atoms with van der Waals surface area (Å²) in [5.74, 6) is 1.59. The number of ether oxygens (including phenoxy) is 2. The number of likely N-dealkylation sites (N-methyl/N-ethyl adjacent to an activating group) is 1. The number of hydrogen-bond donors (Lipinski definition) is 2. The van der Waals surface area contributed by atoms with E-state index in [0.29, 0.717) is 13.2 Å². The van der Waals surface area contributed by atoms with Gasteiger partial charge in [-0.25, -0.2) is 0 Å². The molecule has 2 N–H and O–H groups in total. The number of rotatable bonds is 7. The molecule has 0 bridgehead atoms. The van der Waals surface area contributed by atoms with E-state index in [1.807, 2.05) is 13.1 Å². The minimum Gasteiger partial charge on any atom is -0.486 e. The second-order valence-electron chi connectivity index (χ2n) is 6.52. The first-order chi connectivity index (χ1) is 11.7. The van der Waals surface area contributed by atoms with Crippen molar-refractivity contribution in [3.63, 3.8) is 0 Å². The van der Waals surface area contributed by atoms with Crippen LogP contribution in [0.5, 0.6) is 11.5 Å². The Balaban J connectivity index is 1.85. The quantitative estimate of drug-likeness (QED) is 0.735. The van der Waals surface area contributed by atoms with E-state index in [4.69, 9.17) is 9.47 Å². The molecule has 2 unspecified atom stereocenters. The maximum Gasteiger partial charge on any atom is 0.207 e. The maximum absolute atomic E-state index is 11.2. The molecule has 3 rings (SSSR count). The molecule has 2 aliphatic heterocycles. The third-order valence-corrected chi connectivity index (χ3v) is 4.91. The van der Waals surface area contributed by atoms with Crippen molar-refractivity contribution in [2.45, 2.75) is 31.8 Å². The first kappa shape index (κ1) is 17.0. The van der Waals surface area contributed by atoms with Gasteiger partial charge < -0.3 is 25.0 Å². The first-order valence-corrected chi connectivity index (χ1v) is 8.72. The molecular formula is C18H27N3O3. The molecule has 0 spiro atoms. The molecule has 2 heterocycles. The van der Waals surface area contributed by atoms with Crippen molar-refractivity contribution >= 4 is 6.41 Å². The molecule has 2 aliphatic rings. The number of likely N-dealkylation sites (tertiary alicyclic amines) is 1. The van der Waals surface area contributed by atoms with Crippen molar-refractivity contribution in [1.29, 1.82) is 0 Å². The summed E-state index contributed by atoms with van der Waals surface area (Å²) in [6.45, 7) is 6.29. The highest BCUT2D eigenvalue weighted by Crippen LogP contribution is 2.36. The van der Waals surface area contributed by atoms with Gasteiger partial charge in [-0.15, -0.1) is 0 Å². The highest BCUT2D eigenvalue weighted by atomic mass is 16.6. The largest absolute Gasteiger partial charge is 0.486 e. The van der Waals surface area contributed by atoms with Crippen LogP contribution in [0.1, 0.15) is 30.0 Å². The summed E-state index contributed by atoms with van der Waals surface area (Å²) >= 11 is 0. The summed E-state index contributed by atoms with van der Waals surface area (Å²) in [6.07, 6.45) is 3.28. The van der Waals surface area contributed by atoms with Crippen LogP contribution in [0.4, 0.5) is 0 Å². The molecule has 1 aromatic rings. The minimum atomic E-state index is 0.00635. The van der Waals surface area contributed by atoms with E-state index >= 15 is 0 Å². The zero-order valence-electron chi connectivity index (χ0n) is 14.5. The summed E-state index contributed by atoms with van der Waals surface area (Å²) in [4.78, 5) is 13.6. The van der Waals surface area contributed by atoms with Gasteiger partial charge in [-0.3, -0.25) is 4.79 Å². The van der Waals surface area contributed by atoms with E-state index < -0.39 is 0 Å². The Morgan fingerprint density at radius 1 is 1.21 bits per heavy atom. The normalized spacial score (nSPS) is 19.8. The lowest BCUT2D eigenvalue weighted by Gasteiger charge is -2.32. The van der Waals surface area contributed by atoms with Crippen molar-refractivity contribution in [1.82, 2.24) is 15.5 Å². The van der Waals surface area contributed by atoms with Crippen molar-refractivity contribution < 1.29 is 14.3 Å². The van der Waals surface area contributed by atoms with Gasteiger partial charge >= 0.3 is 0 Å². The van der Waals surface area contributed by atoms with E-state index in [-0.39, 0.29) is 12.1 Å². The Labute approximate surface area is 143 Å². The topological polar surface area (TPSA) is 62.8 Å². The molecule has 6 heteroatoms. The third kappa shape index (κ3) is 3.65. The number of carbonyl (C=O) groups excluding carboxylic acids is 1. The van der Waals surface area contributed by atoms with Crippen LogP contribution < -0.4 is 20.1 Å². The number of hydrogen-bond acceptors (Lipinski definition) is 5. The van der Waals surface area contributed by atoms with Gasteiger partial charge in [0.25, 0.3) is 0 Å². The van der Waals surface area contributed by atoms with E-state index in [2.05, 4.69) is 28.5 Å². The molecule has 1 fully saturated rings. The van der Waals surface area contributed by atoms with Crippen LogP contribution in [0.2, 0.25) is 0 Å². The Bertz CT molecular complexity index is 573. The smallest absolute Gasteiger partial charge is 0.207 e. The Morgan fingerprint density at radius 3 is 2.50 bits per heavy atom. The van der Waals surface area contributed by atoms with Gasteiger partial charge in [0, 0.05) is 6.54 Å². The van der Waals surface area contributed by atoms with Crippen LogP contribution in [0, 0.1) is 6.92 Å². The van der Waals surface area contributed by atoms with Crippen LogP contribution in [0.25, 0.3) is 0 Å². The summed E-state index contributed by atoms with van der Waals surface area (Å²) in [5, 5.41) is 6.39. The molecule has 1 amide bonds. The average Bonchev–Trinajstić information content (AvgIpc) is 3.09. The van der Waals surface area contributed by atoms with Crippen LogP contribution >= 0.6 is 0 Å². The fourth-order valence-corrected chi connectivity index (χ4v) is 3.70. The summed E-state index contributed by atoms with van der Waals surface area (Å²) < 4.78 is 11.4. The molecule has 0 aromatic heterocycles. The van der Waals surface area contributed by atoms with Crippen LogP contribution in [-0.4, -0.2) is 57.2 Å². The van der Waals surface area contributed by atoms with E-state index in [9.17, 15) is 4.79 Å². The molecule has 0 aliphatic carbocycles. The lowest BCUT2D eigenvalue weighted by Crippen LogP contribution is -2.47. The zero-order valence-corrected chi connectivity index (χ0v) is 14.5.